The van der Waals surface area contributed by atoms with Gasteiger partial charge in [-0.05, 0) is 53.1 Å². The lowest BCUT2D eigenvalue weighted by atomic mass is 10.0. The second-order valence-corrected chi connectivity index (χ2v) is 9.01. The number of nitrogens with zero attached hydrogens (tertiary/aromatic N) is 1. The van der Waals surface area contributed by atoms with Crippen LogP contribution in [0.4, 0.5) is 5.69 Å². The number of hydrogen-bond donors (Lipinski definition) is 4. The van der Waals surface area contributed by atoms with Gasteiger partial charge in [0, 0.05) is 24.8 Å². The lowest BCUT2D eigenvalue weighted by Gasteiger charge is -2.26. The molecular formula is C31H32N4O4. The largest absolute Gasteiger partial charge is 0.493 e. The molecule has 4 aromatic carbocycles. The molecule has 0 aliphatic heterocycles. The second-order valence-electron chi connectivity index (χ2n) is 9.01. The number of hydrogen-bond acceptors (Lipinski definition) is 6. The molecule has 0 spiro atoms. The van der Waals surface area contributed by atoms with Crippen molar-refractivity contribution in [3.8, 4) is 11.5 Å². The number of carbonyl (C=O) groups excluding carboxylic acids is 1. The van der Waals surface area contributed by atoms with Crippen molar-refractivity contribution in [3.63, 3.8) is 0 Å². The summed E-state index contributed by atoms with van der Waals surface area (Å²) in [5.41, 5.74) is 5.79. The van der Waals surface area contributed by atoms with Gasteiger partial charge in [0.2, 0.25) is 5.91 Å². The average Bonchev–Trinajstić information content (AvgIpc) is 2.99. The van der Waals surface area contributed by atoms with Crippen LogP contribution in [0.5, 0.6) is 11.5 Å². The predicted molar refractivity (Wildman–Crippen MR) is 151 cm³/mol. The Balaban J connectivity index is 1.60. The number of benzene rings is 4. The number of carbonyl (C=O) groups is 1. The Morgan fingerprint density at radius 2 is 1.54 bits per heavy atom. The molecule has 39 heavy (non-hydrogen) atoms. The smallest absolute Gasteiger partial charge is 0.249 e. The molecular weight excluding hydrogens is 492 g/mol. The van der Waals surface area contributed by atoms with E-state index in [1.54, 1.807) is 43.3 Å². The highest BCUT2D eigenvalue weighted by molar-refractivity contribution is 5.95. The van der Waals surface area contributed by atoms with Gasteiger partial charge in [-0.2, -0.15) is 0 Å². The van der Waals surface area contributed by atoms with Crippen LogP contribution in [0.3, 0.4) is 0 Å². The topological polar surface area (TPSA) is 107 Å². The quantitative estimate of drug-likeness (QED) is 0.119. The summed E-state index contributed by atoms with van der Waals surface area (Å²) in [6.45, 7) is 0.840. The van der Waals surface area contributed by atoms with Crippen LogP contribution in [0.25, 0.3) is 0 Å². The van der Waals surface area contributed by atoms with Crippen LogP contribution in [0.1, 0.15) is 28.3 Å². The van der Waals surface area contributed by atoms with E-state index >= 15 is 0 Å². The molecule has 8 nitrogen and oxygen atoms in total. The number of rotatable bonds is 11. The molecule has 200 valence electrons. The fourth-order valence-electron chi connectivity index (χ4n) is 4.13. The van der Waals surface area contributed by atoms with Gasteiger partial charge in [0.15, 0.2) is 11.5 Å². The third-order valence-electron chi connectivity index (χ3n) is 6.24. The van der Waals surface area contributed by atoms with Crippen LogP contribution in [0.2, 0.25) is 0 Å². The highest BCUT2D eigenvalue weighted by Gasteiger charge is 2.25. The minimum atomic E-state index is -0.725. The number of amidine groups is 1. The third kappa shape index (κ3) is 7.15. The normalized spacial score (nSPS) is 11.3. The predicted octanol–water partition coefficient (Wildman–Crippen LogP) is 5.39. The van der Waals surface area contributed by atoms with E-state index in [4.69, 9.17) is 20.1 Å². The van der Waals surface area contributed by atoms with Gasteiger partial charge in [-0.25, -0.2) is 0 Å². The van der Waals surface area contributed by atoms with Crippen molar-refractivity contribution in [2.45, 2.75) is 19.2 Å². The van der Waals surface area contributed by atoms with Crippen molar-refractivity contribution in [1.29, 1.82) is 5.41 Å². The zero-order chi connectivity index (χ0) is 27.6. The Hall–Kier alpha value is -4.82. The van der Waals surface area contributed by atoms with Gasteiger partial charge in [-0.15, -0.1) is 0 Å². The highest BCUT2D eigenvalue weighted by Crippen LogP contribution is 2.33. The van der Waals surface area contributed by atoms with E-state index in [1.807, 2.05) is 84.3 Å². The minimum absolute atomic E-state index is 0.118. The molecule has 0 saturated heterocycles. The molecule has 8 heteroatoms. The van der Waals surface area contributed by atoms with E-state index in [1.165, 1.54) is 0 Å². The molecule has 0 fully saturated rings. The van der Waals surface area contributed by atoms with Crippen molar-refractivity contribution in [3.05, 3.63) is 125 Å². The van der Waals surface area contributed by atoms with E-state index in [2.05, 4.69) is 5.32 Å². The fraction of sp³-hybridized carbons (Fsp3) is 0.161. The summed E-state index contributed by atoms with van der Waals surface area (Å²) in [6, 6.07) is 31.3. The second kappa shape index (κ2) is 13.1. The molecule has 0 bridgehead atoms. The number of ether oxygens (including phenoxy) is 2. The molecule has 1 amide bonds. The zero-order valence-corrected chi connectivity index (χ0v) is 21.9. The summed E-state index contributed by atoms with van der Waals surface area (Å²) in [6.07, 6.45) is 0. The van der Waals surface area contributed by atoms with Crippen LogP contribution in [-0.2, 0) is 17.9 Å². The van der Waals surface area contributed by atoms with Crippen LogP contribution in [0, 0.1) is 5.41 Å². The minimum Gasteiger partial charge on any atom is -0.493 e. The van der Waals surface area contributed by atoms with Gasteiger partial charge in [-0.1, -0.05) is 66.7 Å². The van der Waals surface area contributed by atoms with Gasteiger partial charge < -0.3 is 19.7 Å². The molecule has 0 aliphatic carbocycles. The van der Waals surface area contributed by atoms with Crippen LogP contribution >= 0.6 is 0 Å². The zero-order valence-electron chi connectivity index (χ0n) is 21.9. The van der Waals surface area contributed by atoms with Gasteiger partial charge in [0.25, 0.3) is 0 Å². The number of likely N-dealkylation sites (N-methyl/N-ethyl adjacent to an activating group) is 1. The van der Waals surface area contributed by atoms with E-state index in [-0.39, 0.29) is 11.7 Å². The van der Waals surface area contributed by atoms with E-state index in [0.717, 1.165) is 11.1 Å². The number of anilines is 1. The molecule has 4 aromatic rings. The van der Waals surface area contributed by atoms with Crippen molar-refractivity contribution >= 4 is 17.4 Å². The summed E-state index contributed by atoms with van der Waals surface area (Å²) in [5, 5.41) is 20.1. The van der Waals surface area contributed by atoms with Gasteiger partial charge in [0.05, 0.1) is 7.11 Å². The lowest BCUT2D eigenvalue weighted by molar-refractivity contribution is -0.131. The molecule has 1 atom stereocenters. The van der Waals surface area contributed by atoms with Crippen molar-refractivity contribution < 1.29 is 19.5 Å². The highest BCUT2D eigenvalue weighted by atomic mass is 16.5. The lowest BCUT2D eigenvalue weighted by Crippen LogP contribution is -2.35. The van der Waals surface area contributed by atoms with Crippen molar-refractivity contribution in [2.24, 2.45) is 0 Å². The number of hydroxylamine groups is 1. The van der Waals surface area contributed by atoms with Gasteiger partial charge >= 0.3 is 0 Å². The SMILES string of the molecule is COc1cc([C@H](Nc2ccc(C(=N)NO)cc2)C(=O)N(C)Cc2ccccc2)ccc1OCc1ccccc1. The molecule has 4 rings (SSSR count). The molecule has 0 radical (unpaired) electrons. The van der Waals surface area contributed by atoms with E-state index in [0.29, 0.717) is 41.5 Å². The Kier molecular flexibility index (Phi) is 9.16. The van der Waals surface area contributed by atoms with Crippen LogP contribution < -0.4 is 20.3 Å². The first-order valence-corrected chi connectivity index (χ1v) is 12.5. The van der Waals surface area contributed by atoms with E-state index in [9.17, 15) is 4.79 Å². The summed E-state index contributed by atoms with van der Waals surface area (Å²) < 4.78 is 11.6. The van der Waals surface area contributed by atoms with Gasteiger partial charge in [0.1, 0.15) is 18.5 Å². The maximum Gasteiger partial charge on any atom is 0.249 e. The summed E-state index contributed by atoms with van der Waals surface area (Å²) >= 11 is 0. The third-order valence-corrected chi connectivity index (χ3v) is 6.24. The Bertz CT molecular complexity index is 1380. The Morgan fingerprint density at radius 3 is 2.15 bits per heavy atom. The molecule has 0 unspecified atom stereocenters. The Morgan fingerprint density at radius 1 is 0.897 bits per heavy atom. The summed E-state index contributed by atoms with van der Waals surface area (Å²) in [7, 11) is 3.35. The first-order valence-electron chi connectivity index (χ1n) is 12.5. The maximum absolute atomic E-state index is 13.8. The maximum atomic E-state index is 13.8. The van der Waals surface area contributed by atoms with Crippen molar-refractivity contribution in [2.75, 3.05) is 19.5 Å². The monoisotopic (exact) mass is 524 g/mol. The average molecular weight is 525 g/mol. The molecule has 0 aliphatic rings. The first kappa shape index (κ1) is 27.2. The van der Waals surface area contributed by atoms with Crippen molar-refractivity contribution in [1.82, 2.24) is 10.4 Å². The summed E-state index contributed by atoms with van der Waals surface area (Å²) in [5.74, 6) is 0.847. The number of methoxy groups -OCH3 is 1. The van der Waals surface area contributed by atoms with Gasteiger partial charge in [-0.3, -0.25) is 20.9 Å². The number of amides is 1. The standard InChI is InChI=1S/C31H32N4O4/c1-35(20-22-9-5-3-6-10-22)31(36)29(33-26-16-13-24(14-17-26)30(32)34-37)25-15-18-27(28(19-25)38-2)39-21-23-11-7-4-8-12-23/h3-19,29,33,37H,20-21H2,1-2H3,(H2,32,34)/t29-/m0/s1. The fourth-order valence-corrected chi connectivity index (χ4v) is 4.13. The van der Waals surface area contributed by atoms with Crippen LogP contribution in [0.15, 0.2) is 103 Å². The Labute approximate surface area is 228 Å². The summed E-state index contributed by atoms with van der Waals surface area (Å²) in [4.78, 5) is 15.5. The molecule has 0 heterocycles. The number of nitrogens with one attached hydrogen (secondary N) is 3. The molecule has 4 N–H and O–H groups in total. The van der Waals surface area contributed by atoms with E-state index < -0.39 is 6.04 Å². The molecule has 0 aromatic heterocycles. The molecule has 0 saturated carbocycles. The first-order chi connectivity index (χ1) is 19.0. The van der Waals surface area contributed by atoms with Crippen LogP contribution in [-0.4, -0.2) is 36.0 Å².